The highest BCUT2D eigenvalue weighted by Crippen LogP contribution is 2.42. The van der Waals surface area contributed by atoms with Gasteiger partial charge in [-0.3, -0.25) is 0 Å². The van der Waals surface area contributed by atoms with Crippen LogP contribution in [-0.2, 0) is 4.74 Å². The third-order valence-electron chi connectivity index (χ3n) is 3.79. The summed E-state index contributed by atoms with van der Waals surface area (Å²) in [7, 11) is 3.25. The van der Waals surface area contributed by atoms with Gasteiger partial charge in [0.25, 0.3) is 0 Å². The number of ether oxygens (including phenoxy) is 3. The lowest BCUT2D eigenvalue weighted by atomic mass is 9.95. The van der Waals surface area contributed by atoms with Crippen LogP contribution in [0.1, 0.15) is 34.5 Å². The molecule has 0 fully saturated rings. The van der Waals surface area contributed by atoms with Crippen molar-refractivity contribution < 1.29 is 19.0 Å². The van der Waals surface area contributed by atoms with Gasteiger partial charge < -0.3 is 14.2 Å². The molecule has 2 aromatic carbocycles. The zero-order chi connectivity index (χ0) is 14.4. The van der Waals surface area contributed by atoms with Crippen LogP contribution >= 0.6 is 0 Å². The number of benzene rings is 2. The highest BCUT2D eigenvalue weighted by atomic mass is 16.5. The first-order chi connectivity index (χ1) is 9.56. The van der Waals surface area contributed by atoms with Crippen molar-refractivity contribution in [2.75, 3.05) is 14.2 Å². The number of fused-ring (bicyclic) bond motifs is 3. The Kier molecular flexibility index (Phi) is 2.82. The summed E-state index contributed by atoms with van der Waals surface area (Å²) in [4.78, 5) is 12.1. The molecule has 0 saturated heterocycles. The van der Waals surface area contributed by atoms with Crippen molar-refractivity contribution in [3.05, 3.63) is 34.9 Å². The number of hydrogen-bond acceptors (Lipinski definition) is 4. The van der Waals surface area contributed by atoms with E-state index in [1.807, 2.05) is 32.0 Å². The fourth-order valence-electron chi connectivity index (χ4n) is 2.77. The maximum atomic E-state index is 12.1. The molecule has 1 aliphatic heterocycles. The summed E-state index contributed by atoms with van der Waals surface area (Å²) in [5.74, 6) is 1.21. The maximum Gasteiger partial charge on any atom is 0.339 e. The molecule has 0 aromatic heterocycles. The van der Waals surface area contributed by atoms with E-state index in [2.05, 4.69) is 0 Å². The maximum absolute atomic E-state index is 12.1. The fraction of sp³-hybridized carbons (Fsp3) is 0.312. The minimum absolute atomic E-state index is 0.247. The van der Waals surface area contributed by atoms with E-state index in [9.17, 15) is 4.79 Å². The normalized spacial score (nSPS) is 17.0. The lowest BCUT2D eigenvalue weighted by Gasteiger charge is -2.13. The monoisotopic (exact) mass is 272 g/mol. The third-order valence-corrected chi connectivity index (χ3v) is 3.79. The van der Waals surface area contributed by atoms with Crippen LogP contribution in [0.5, 0.6) is 11.5 Å². The summed E-state index contributed by atoms with van der Waals surface area (Å²) < 4.78 is 16.1. The quantitative estimate of drug-likeness (QED) is 0.786. The Labute approximate surface area is 117 Å². The van der Waals surface area contributed by atoms with Crippen LogP contribution in [0.2, 0.25) is 0 Å². The van der Waals surface area contributed by atoms with Gasteiger partial charge in [0.1, 0.15) is 17.6 Å². The number of carbonyl (C=O) groups is 1. The molecule has 0 bridgehead atoms. The van der Waals surface area contributed by atoms with Gasteiger partial charge in [0.15, 0.2) is 0 Å². The molecular weight excluding hydrogens is 256 g/mol. The van der Waals surface area contributed by atoms with Crippen molar-refractivity contribution >= 4 is 16.7 Å². The molecule has 1 unspecified atom stereocenters. The summed E-state index contributed by atoms with van der Waals surface area (Å²) in [6.07, 6.45) is -0.247. The largest absolute Gasteiger partial charge is 0.496 e. The van der Waals surface area contributed by atoms with Gasteiger partial charge in [0.05, 0.1) is 19.8 Å². The van der Waals surface area contributed by atoms with Crippen LogP contribution in [0.15, 0.2) is 18.2 Å². The van der Waals surface area contributed by atoms with Crippen LogP contribution in [-0.4, -0.2) is 20.2 Å². The summed E-state index contributed by atoms with van der Waals surface area (Å²) in [6.45, 7) is 3.83. The Morgan fingerprint density at radius 1 is 1.05 bits per heavy atom. The van der Waals surface area contributed by atoms with Crippen LogP contribution < -0.4 is 9.47 Å². The molecule has 1 atom stereocenters. The van der Waals surface area contributed by atoms with E-state index in [0.29, 0.717) is 5.56 Å². The number of methoxy groups -OCH3 is 2. The first-order valence-electron chi connectivity index (χ1n) is 6.47. The highest BCUT2D eigenvalue weighted by Gasteiger charge is 2.31. The van der Waals surface area contributed by atoms with Crippen molar-refractivity contribution in [1.29, 1.82) is 0 Å². The van der Waals surface area contributed by atoms with Crippen LogP contribution in [0.4, 0.5) is 0 Å². The van der Waals surface area contributed by atoms with E-state index in [-0.39, 0.29) is 12.1 Å². The van der Waals surface area contributed by atoms with E-state index in [1.54, 1.807) is 14.2 Å². The third kappa shape index (κ3) is 1.64. The van der Waals surface area contributed by atoms with Gasteiger partial charge in [-0.05, 0) is 37.6 Å². The number of hydrogen-bond donors (Lipinski definition) is 0. The smallest absolute Gasteiger partial charge is 0.339 e. The average molecular weight is 272 g/mol. The van der Waals surface area contributed by atoms with Crippen LogP contribution in [0.3, 0.4) is 0 Å². The van der Waals surface area contributed by atoms with Crippen LogP contribution in [0, 0.1) is 6.92 Å². The Hall–Kier alpha value is -2.23. The van der Waals surface area contributed by atoms with Crippen molar-refractivity contribution in [3.8, 4) is 11.5 Å². The standard InChI is InChI=1S/C16H16O4/c1-8-5-11-12(7-13(8)18-3)15-10(6-14(11)19-4)9(2)20-16(15)17/h5-7,9H,1-4H3. The highest BCUT2D eigenvalue weighted by molar-refractivity contribution is 6.10. The SMILES string of the molecule is COc1cc2c3c(cc(OC)c2cc1C)C(C)OC3=O. The molecule has 104 valence electrons. The molecule has 0 N–H and O–H groups in total. The van der Waals surface area contributed by atoms with Gasteiger partial charge in [-0.15, -0.1) is 0 Å². The molecule has 0 amide bonds. The van der Waals surface area contributed by atoms with Gasteiger partial charge >= 0.3 is 5.97 Å². The second-order valence-electron chi connectivity index (χ2n) is 4.96. The molecule has 1 heterocycles. The topological polar surface area (TPSA) is 44.8 Å². The van der Waals surface area contributed by atoms with Crippen molar-refractivity contribution in [2.24, 2.45) is 0 Å². The fourth-order valence-corrected chi connectivity index (χ4v) is 2.77. The van der Waals surface area contributed by atoms with Crippen molar-refractivity contribution in [2.45, 2.75) is 20.0 Å². The van der Waals surface area contributed by atoms with E-state index in [4.69, 9.17) is 14.2 Å². The lowest BCUT2D eigenvalue weighted by molar-refractivity contribution is 0.0423. The first kappa shape index (κ1) is 12.8. The Morgan fingerprint density at radius 3 is 2.40 bits per heavy atom. The van der Waals surface area contributed by atoms with E-state index in [1.165, 1.54) is 0 Å². The predicted octanol–water partition coefficient (Wildman–Crippen LogP) is 3.40. The van der Waals surface area contributed by atoms with Gasteiger partial charge in [-0.1, -0.05) is 0 Å². The Balaban J connectivity index is 2.44. The molecule has 2 aromatic rings. The molecule has 4 nitrogen and oxygen atoms in total. The van der Waals surface area contributed by atoms with Gasteiger partial charge in [-0.25, -0.2) is 4.79 Å². The first-order valence-corrected chi connectivity index (χ1v) is 6.47. The zero-order valence-electron chi connectivity index (χ0n) is 11.9. The Morgan fingerprint density at radius 2 is 1.75 bits per heavy atom. The zero-order valence-corrected chi connectivity index (χ0v) is 11.9. The van der Waals surface area contributed by atoms with Crippen molar-refractivity contribution in [1.82, 2.24) is 0 Å². The molecule has 0 saturated carbocycles. The van der Waals surface area contributed by atoms with E-state index in [0.717, 1.165) is 33.4 Å². The number of carbonyl (C=O) groups excluding carboxylic acids is 1. The predicted molar refractivity (Wildman–Crippen MR) is 75.6 cm³/mol. The van der Waals surface area contributed by atoms with E-state index < -0.39 is 0 Å². The summed E-state index contributed by atoms with van der Waals surface area (Å²) in [5.41, 5.74) is 2.48. The molecule has 4 heteroatoms. The van der Waals surface area contributed by atoms with Gasteiger partial charge in [0.2, 0.25) is 0 Å². The number of aryl methyl sites for hydroxylation is 1. The Bertz CT molecular complexity index is 718. The van der Waals surface area contributed by atoms with E-state index >= 15 is 0 Å². The summed E-state index contributed by atoms with van der Waals surface area (Å²) in [6, 6.07) is 5.74. The molecule has 0 aliphatic carbocycles. The molecular formula is C16H16O4. The van der Waals surface area contributed by atoms with Crippen molar-refractivity contribution in [3.63, 3.8) is 0 Å². The number of esters is 1. The van der Waals surface area contributed by atoms with Crippen LogP contribution in [0.25, 0.3) is 10.8 Å². The minimum Gasteiger partial charge on any atom is -0.496 e. The van der Waals surface area contributed by atoms with Gasteiger partial charge in [0, 0.05) is 16.3 Å². The summed E-state index contributed by atoms with van der Waals surface area (Å²) >= 11 is 0. The molecule has 3 rings (SSSR count). The summed E-state index contributed by atoms with van der Waals surface area (Å²) in [5, 5.41) is 1.71. The molecule has 0 radical (unpaired) electrons. The second kappa shape index (κ2) is 4.40. The van der Waals surface area contributed by atoms with Gasteiger partial charge in [-0.2, -0.15) is 0 Å². The second-order valence-corrected chi connectivity index (χ2v) is 4.96. The molecule has 1 aliphatic rings. The number of cyclic esters (lactones) is 1. The molecule has 0 spiro atoms. The number of rotatable bonds is 2. The lowest BCUT2D eigenvalue weighted by Crippen LogP contribution is -1.98. The average Bonchev–Trinajstić information content (AvgIpc) is 2.72. The minimum atomic E-state index is -0.286. The molecule has 20 heavy (non-hydrogen) atoms.